The average molecular weight is 370 g/mol. The average Bonchev–Trinajstić information content (AvgIpc) is 3.04. The van der Waals surface area contributed by atoms with Gasteiger partial charge >= 0.3 is 0 Å². The fourth-order valence-electron chi connectivity index (χ4n) is 3.12. The highest BCUT2D eigenvalue weighted by atomic mass is 79.9. The topological polar surface area (TPSA) is 46.8 Å². The monoisotopic (exact) mass is 369 g/mol. The zero-order chi connectivity index (χ0) is 15.6. The molecule has 1 aliphatic heterocycles. The van der Waals surface area contributed by atoms with Gasteiger partial charge in [0.05, 0.1) is 12.6 Å². The number of hydrogen-bond donors (Lipinski definition) is 0. The quantitative estimate of drug-likeness (QED) is 0.711. The minimum atomic E-state index is 0.0823. The molecule has 1 aliphatic rings. The van der Waals surface area contributed by atoms with Crippen LogP contribution in [0.15, 0.2) is 59.1 Å². The van der Waals surface area contributed by atoms with Gasteiger partial charge in [0.2, 0.25) is 0 Å². The molecule has 2 heterocycles. The smallest absolute Gasteiger partial charge is 0.173 e. The van der Waals surface area contributed by atoms with Crippen molar-refractivity contribution < 1.29 is 0 Å². The molecule has 0 radical (unpaired) electrons. The SMILES string of the molecule is Brc1cccc(CN2CCn3nnnc3[C@H]2c2ccccc2)c1. The fourth-order valence-corrected chi connectivity index (χ4v) is 3.56. The Bertz CT molecular complexity index is 802. The van der Waals surface area contributed by atoms with E-state index in [1.807, 2.05) is 10.7 Å². The molecule has 2 aromatic carbocycles. The van der Waals surface area contributed by atoms with E-state index in [0.717, 1.165) is 29.9 Å². The van der Waals surface area contributed by atoms with Gasteiger partial charge in [-0.25, -0.2) is 4.68 Å². The fraction of sp³-hybridized carbons (Fsp3) is 0.235. The second-order valence-electron chi connectivity index (χ2n) is 5.67. The van der Waals surface area contributed by atoms with Crippen LogP contribution >= 0.6 is 15.9 Å². The molecular weight excluding hydrogens is 354 g/mol. The third-order valence-corrected chi connectivity index (χ3v) is 4.65. The molecule has 0 saturated carbocycles. The van der Waals surface area contributed by atoms with E-state index >= 15 is 0 Å². The largest absolute Gasteiger partial charge is 0.284 e. The molecule has 5 nitrogen and oxygen atoms in total. The van der Waals surface area contributed by atoms with E-state index < -0.39 is 0 Å². The molecule has 0 amide bonds. The lowest BCUT2D eigenvalue weighted by molar-refractivity contribution is 0.164. The minimum Gasteiger partial charge on any atom is -0.284 e. The van der Waals surface area contributed by atoms with Crippen LogP contribution in [0.1, 0.15) is 23.0 Å². The number of rotatable bonds is 3. The predicted octanol–water partition coefficient (Wildman–Crippen LogP) is 3.04. The number of aromatic nitrogens is 4. The molecule has 0 N–H and O–H groups in total. The van der Waals surface area contributed by atoms with Crippen LogP contribution in [0, 0.1) is 0 Å². The summed E-state index contributed by atoms with van der Waals surface area (Å²) in [5, 5.41) is 12.2. The summed E-state index contributed by atoms with van der Waals surface area (Å²) in [5.74, 6) is 0.914. The Balaban J connectivity index is 1.71. The maximum atomic E-state index is 4.27. The molecule has 116 valence electrons. The molecule has 1 atom stereocenters. The Labute approximate surface area is 143 Å². The van der Waals surface area contributed by atoms with Crippen molar-refractivity contribution in [3.8, 4) is 0 Å². The van der Waals surface area contributed by atoms with Crippen LogP contribution in [0.25, 0.3) is 0 Å². The van der Waals surface area contributed by atoms with E-state index in [9.17, 15) is 0 Å². The summed E-state index contributed by atoms with van der Waals surface area (Å²) < 4.78 is 3.02. The summed E-state index contributed by atoms with van der Waals surface area (Å²) in [6.45, 7) is 2.61. The molecule has 0 spiro atoms. The number of tetrazole rings is 1. The first-order valence-corrected chi connectivity index (χ1v) is 8.40. The molecule has 4 rings (SSSR count). The van der Waals surface area contributed by atoms with Crippen LogP contribution in [-0.4, -0.2) is 31.7 Å². The van der Waals surface area contributed by atoms with Gasteiger partial charge in [-0.15, -0.1) is 5.10 Å². The standard InChI is InChI=1S/C17H16BrN5/c18-15-8-4-5-13(11-15)12-22-9-10-23-17(19-20-21-23)16(22)14-6-2-1-3-7-14/h1-8,11,16H,9-10,12H2/t16-/m1/s1. The zero-order valence-electron chi connectivity index (χ0n) is 12.5. The van der Waals surface area contributed by atoms with Gasteiger partial charge < -0.3 is 0 Å². The maximum absolute atomic E-state index is 4.27. The van der Waals surface area contributed by atoms with Gasteiger partial charge in [-0.3, -0.25) is 4.90 Å². The first-order chi connectivity index (χ1) is 11.3. The van der Waals surface area contributed by atoms with Crippen molar-refractivity contribution in [2.45, 2.75) is 19.1 Å². The molecular formula is C17H16BrN5. The summed E-state index contributed by atoms with van der Waals surface area (Å²) in [6, 6.07) is 19.0. The van der Waals surface area contributed by atoms with Crippen molar-refractivity contribution in [3.63, 3.8) is 0 Å². The first-order valence-electron chi connectivity index (χ1n) is 7.61. The number of nitrogens with zero attached hydrogens (tertiary/aromatic N) is 5. The van der Waals surface area contributed by atoms with Crippen molar-refractivity contribution in [2.24, 2.45) is 0 Å². The van der Waals surface area contributed by atoms with Gasteiger partial charge in [-0.05, 0) is 33.7 Å². The lowest BCUT2D eigenvalue weighted by Crippen LogP contribution is -2.38. The summed E-state index contributed by atoms with van der Waals surface area (Å²) in [6.07, 6.45) is 0. The van der Waals surface area contributed by atoms with Gasteiger partial charge in [-0.2, -0.15) is 0 Å². The van der Waals surface area contributed by atoms with E-state index in [1.54, 1.807) is 0 Å². The molecule has 0 bridgehead atoms. The maximum Gasteiger partial charge on any atom is 0.173 e. The number of halogens is 1. The second-order valence-corrected chi connectivity index (χ2v) is 6.59. The summed E-state index contributed by atoms with van der Waals surface area (Å²) in [5.41, 5.74) is 2.50. The van der Waals surface area contributed by atoms with Crippen molar-refractivity contribution in [3.05, 3.63) is 76.0 Å². The zero-order valence-corrected chi connectivity index (χ0v) is 14.1. The molecule has 0 fully saturated rings. The van der Waals surface area contributed by atoms with Gasteiger partial charge in [-0.1, -0.05) is 58.4 Å². The molecule has 23 heavy (non-hydrogen) atoms. The van der Waals surface area contributed by atoms with Gasteiger partial charge in [0, 0.05) is 17.6 Å². The Morgan fingerprint density at radius 1 is 1.04 bits per heavy atom. The predicted molar refractivity (Wildman–Crippen MR) is 90.7 cm³/mol. The van der Waals surface area contributed by atoms with Crippen molar-refractivity contribution in [1.29, 1.82) is 0 Å². The van der Waals surface area contributed by atoms with Gasteiger partial charge in [0.25, 0.3) is 0 Å². The Morgan fingerprint density at radius 3 is 2.74 bits per heavy atom. The second kappa shape index (κ2) is 6.22. The Morgan fingerprint density at radius 2 is 1.91 bits per heavy atom. The van der Waals surface area contributed by atoms with E-state index in [1.165, 1.54) is 11.1 Å². The van der Waals surface area contributed by atoms with Crippen LogP contribution < -0.4 is 0 Å². The van der Waals surface area contributed by atoms with Crippen molar-refractivity contribution in [2.75, 3.05) is 6.54 Å². The van der Waals surface area contributed by atoms with E-state index in [2.05, 4.69) is 84.9 Å². The van der Waals surface area contributed by atoms with E-state index in [-0.39, 0.29) is 6.04 Å². The normalized spacial score (nSPS) is 17.9. The first kappa shape index (κ1) is 14.5. The van der Waals surface area contributed by atoms with Gasteiger partial charge in [0.15, 0.2) is 5.82 Å². The highest BCUT2D eigenvalue weighted by molar-refractivity contribution is 9.10. The van der Waals surface area contributed by atoms with Crippen LogP contribution in [0.3, 0.4) is 0 Å². The Kier molecular flexibility index (Phi) is 3.93. The molecule has 0 aliphatic carbocycles. The summed E-state index contributed by atoms with van der Waals surface area (Å²) >= 11 is 3.55. The van der Waals surface area contributed by atoms with Crippen LogP contribution in [0.4, 0.5) is 0 Å². The van der Waals surface area contributed by atoms with Crippen LogP contribution in [0.5, 0.6) is 0 Å². The van der Waals surface area contributed by atoms with Crippen LogP contribution in [-0.2, 0) is 13.1 Å². The number of hydrogen-bond acceptors (Lipinski definition) is 4. The summed E-state index contributed by atoms with van der Waals surface area (Å²) in [7, 11) is 0. The molecule has 1 aromatic heterocycles. The minimum absolute atomic E-state index is 0.0823. The molecule has 3 aromatic rings. The third-order valence-electron chi connectivity index (χ3n) is 4.16. The molecule has 0 saturated heterocycles. The van der Waals surface area contributed by atoms with Crippen molar-refractivity contribution in [1.82, 2.24) is 25.1 Å². The lowest BCUT2D eigenvalue weighted by Gasteiger charge is -2.34. The summed E-state index contributed by atoms with van der Waals surface area (Å²) in [4.78, 5) is 2.43. The number of fused-ring (bicyclic) bond motifs is 1. The highest BCUT2D eigenvalue weighted by Gasteiger charge is 2.31. The molecule has 6 heteroatoms. The van der Waals surface area contributed by atoms with Crippen molar-refractivity contribution >= 4 is 15.9 Å². The third kappa shape index (κ3) is 2.92. The number of benzene rings is 2. The lowest BCUT2D eigenvalue weighted by atomic mass is 10.0. The van der Waals surface area contributed by atoms with Gasteiger partial charge in [0.1, 0.15) is 0 Å². The highest BCUT2D eigenvalue weighted by Crippen LogP contribution is 2.31. The Hall–Kier alpha value is -2.05. The van der Waals surface area contributed by atoms with Crippen LogP contribution in [0.2, 0.25) is 0 Å². The molecule has 0 unspecified atom stereocenters. The van der Waals surface area contributed by atoms with E-state index in [0.29, 0.717) is 0 Å². The van der Waals surface area contributed by atoms with E-state index in [4.69, 9.17) is 0 Å².